The molecular weight excluding hydrogens is 256 g/mol. The summed E-state index contributed by atoms with van der Waals surface area (Å²) in [4.78, 5) is 13.9. The molecule has 5 nitrogen and oxygen atoms in total. The van der Waals surface area contributed by atoms with Gasteiger partial charge in [-0.2, -0.15) is 0 Å². The van der Waals surface area contributed by atoms with E-state index in [1.807, 2.05) is 6.92 Å². The van der Waals surface area contributed by atoms with Crippen LogP contribution in [-0.2, 0) is 9.53 Å². The lowest BCUT2D eigenvalue weighted by molar-refractivity contribution is -0.144. The van der Waals surface area contributed by atoms with Crippen molar-refractivity contribution in [3.63, 3.8) is 0 Å². The van der Waals surface area contributed by atoms with Gasteiger partial charge >= 0.3 is 5.97 Å². The number of hydrogen-bond donors (Lipinski definition) is 2. The van der Waals surface area contributed by atoms with Gasteiger partial charge in [-0.3, -0.25) is 10.1 Å². The minimum atomic E-state index is -0.758. The summed E-state index contributed by atoms with van der Waals surface area (Å²) in [7, 11) is 1.78. The molecular formula is C15H28N2O3. The van der Waals surface area contributed by atoms with Crippen LogP contribution in [0.4, 0.5) is 0 Å². The number of piperidine rings is 1. The zero-order valence-electron chi connectivity index (χ0n) is 12.7. The summed E-state index contributed by atoms with van der Waals surface area (Å²) in [5.74, 6) is -0.720. The zero-order chi connectivity index (χ0) is 14.6. The van der Waals surface area contributed by atoms with Crippen molar-refractivity contribution in [1.29, 1.82) is 0 Å². The van der Waals surface area contributed by atoms with Crippen molar-refractivity contribution in [2.45, 2.75) is 63.1 Å². The Kier molecular flexibility index (Phi) is 5.41. The molecule has 1 aliphatic heterocycles. The Balaban J connectivity index is 1.69. The van der Waals surface area contributed by atoms with E-state index < -0.39 is 11.5 Å². The first-order chi connectivity index (χ1) is 9.53. The highest BCUT2D eigenvalue weighted by Gasteiger charge is 2.38. The number of carboxylic acid groups (broad SMARTS) is 1. The fourth-order valence-corrected chi connectivity index (χ4v) is 2.94. The summed E-state index contributed by atoms with van der Waals surface area (Å²) in [6.45, 7) is 4.95. The monoisotopic (exact) mass is 284 g/mol. The van der Waals surface area contributed by atoms with Gasteiger partial charge in [-0.15, -0.1) is 0 Å². The molecule has 5 heteroatoms. The smallest absolute Gasteiger partial charge is 0.323 e. The fraction of sp³-hybridized carbons (Fsp3) is 0.933. The highest BCUT2D eigenvalue weighted by molar-refractivity contribution is 5.78. The van der Waals surface area contributed by atoms with E-state index in [1.165, 1.54) is 0 Å². The van der Waals surface area contributed by atoms with Crippen molar-refractivity contribution < 1.29 is 14.6 Å². The highest BCUT2D eigenvalue weighted by atomic mass is 16.5. The molecule has 1 atom stereocenters. The number of aliphatic carboxylic acids is 1. The lowest BCUT2D eigenvalue weighted by Crippen LogP contribution is -2.51. The number of carbonyl (C=O) groups is 1. The van der Waals surface area contributed by atoms with Gasteiger partial charge in [-0.25, -0.2) is 0 Å². The normalized spacial score (nSPS) is 24.5. The van der Waals surface area contributed by atoms with Crippen molar-refractivity contribution in [1.82, 2.24) is 10.2 Å². The summed E-state index contributed by atoms with van der Waals surface area (Å²) in [6, 6.07) is 0.425. The van der Waals surface area contributed by atoms with Crippen molar-refractivity contribution in [3.8, 4) is 0 Å². The van der Waals surface area contributed by atoms with Crippen molar-refractivity contribution in [3.05, 3.63) is 0 Å². The Bertz CT molecular complexity index is 325. The number of nitrogens with zero attached hydrogens (tertiary/aromatic N) is 1. The number of hydrogen-bond acceptors (Lipinski definition) is 4. The predicted molar refractivity (Wildman–Crippen MR) is 77.9 cm³/mol. The Hall–Kier alpha value is -0.650. The Morgan fingerprint density at radius 3 is 2.50 bits per heavy atom. The molecule has 2 fully saturated rings. The van der Waals surface area contributed by atoms with Crippen LogP contribution in [0.1, 0.15) is 45.4 Å². The quantitative estimate of drug-likeness (QED) is 0.707. The van der Waals surface area contributed by atoms with Gasteiger partial charge in [-0.05, 0) is 52.0 Å². The number of likely N-dealkylation sites (tertiary alicyclic amines) is 1. The molecule has 1 saturated heterocycles. The topological polar surface area (TPSA) is 61.8 Å². The van der Waals surface area contributed by atoms with E-state index in [4.69, 9.17) is 4.74 Å². The summed E-state index contributed by atoms with van der Waals surface area (Å²) in [5, 5.41) is 12.7. The summed E-state index contributed by atoms with van der Waals surface area (Å²) < 4.78 is 5.37. The maximum Gasteiger partial charge on any atom is 0.323 e. The average Bonchev–Trinajstić information content (AvgIpc) is 3.23. The molecule has 1 aliphatic carbocycles. The molecule has 1 saturated carbocycles. The molecule has 0 bridgehead atoms. The van der Waals surface area contributed by atoms with Crippen LogP contribution in [0.25, 0.3) is 0 Å². The first-order valence-corrected chi connectivity index (χ1v) is 7.80. The second kappa shape index (κ2) is 6.87. The molecule has 0 radical (unpaired) electrons. The number of ether oxygens (including phenoxy) is 1. The summed E-state index contributed by atoms with van der Waals surface area (Å²) in [5.41, 5.74) is -0.758. The van der Waals surface area contributed by atoms with Gasteiger partial charge in [0.25, 0.3) is 0 Å². The van der Waals surface area contributed by atoms with Crippen molar-refractivity contribution in [2.75, 3.05) is 26.7 Å². The van der Waals surface area contributed by atoms with E-state index in [2.05, 4.69) is 10.2 Å². The minimum absolute atomic E-state index is 0.409. The number of methoxy groups -OCH3 is 1. The third-order valence-electron chi connectivity index (χ3n) is 4.59. The zero-order valence-corrected chi connectivity index (χ0v) is 12.7. The van der Waals surface area contributed by atoms with Gasteiger partial charge < -0.3 is 14.7 Å². The molecule has 2 aliphatic rings. The van der Waals surface area contributed by atoms with Gasteiger partial charge in [0.2, 0.25) is 0 Å². The molecule has 2 rings (SSSR count). The molecule has 20 heavy (non-hydrogen) atoms. The Morgan fingerprint density at radius 1 is 1.35 bits per heavy atom. The van der Waals surface area contributed by atoms with Crippen LogP contribution in [0.3, 0.4) is 0 Å². The number of rotatable bonds is 8. The largest absolute Gasteiger partial charge is 0.480 e. The first-order valence-electron chi connectivity index (χ1n) is 7.80. The fourth-order valence-electron chi connectivity index (χ4n) is 2.94. The second-order valence-electron chi connectivity index (χ2n) is 6.44. The molecule has 0 aromatic heterocycles. The molecule has 116 valence electrons. The number of carboxylic acids is 1. The van der Waals surface area contributed by atoms with Crippen LogP contribution in [0.2, 0.25) is 0 Å². The highest BCUT2D eigenvalue weighted by Crippen LogP contribution is 2.25. The number of nitrogens with one attached hydrogen (secondary N) is 1. The van der Waals surface area contributed by atoms with Crippen LogP contribution in [-0.4, -0.2) is 60.4 Å². The van der Waals surface area contributed by atoms with E-state index in [9.17, 15) is 9.90 Å². The van der Waals surface area contributed by atoms with Gasteiger partial charge in [0.05, 0.1) is 6.10 Å². The van der Waals surface area contributed by atoms with E-state index >= 15 is 0 Å². The van der Waals surface area contributed by atoms with E-state index in [1.54, 1.807) is 7.11 Å². The van der Waals surface area contributed by atoms with Crippen LogP contribution in [0.5, 0.6) is 0 Å². The Labute approximate surface area is 121 Å². The van der Waals surface area contributed by atoms with Crippen LogP contribution in [0, 0.1) is 0 Å². The maximum atomic E-state index is 11.5. The third kappa shape index (κ3) is 4.43. The first kappa shape index (κ1) is 15.7. The lowest BCUT2D eigenvalue weighted by atomic mass is 9.95. The average molecular weight is 284 g/mol. The van der Waals surface area contributed by atoms with Crippen molar-refractivity contribution >= 4 is 5.97 Å². The standard InChI is InChI=1S/C15H28N2O3/c1-15(14(18)19,16-12-4-5-12)8-3-9-17-10-6-13(20-2)7-11-17/h12-13,16H,3-11H2,1-2H3,(H,18,19). The van der Waals surface area contributed by atoms with Crippen molar-refractivity contribution in [2.24, 2.45) is 0 Å². The Morgan fingerprint density at radius 2 is 2.00 bits per heavy atom. The molecule has 1 heterocycles. The van der Waals surface area contributed by atoms with E-state index in [0.29, 0.717) is 18.6 Å². The third-order valence-corrected chi connectivity index (χ3v) is 4.59. The second-order valence-corrected chi connectivity index (χ2v) is 6.44. The van der Waals surface area contributed by atoms with Gasteiger partial charge in [0.15, 0.2) is 0 Å². The van der Waals surface area contributed by atoms with Crippen LogP contribution < -0.4 is 5.32 Å². The summed E-state index contributed by atoms with van der Waals surface area (Å²) >= 11 is 0. The molecule has 0 aromatic carbocycles. The van der Waals surface area contributed by atoms with Gasteiger partial charge in [-0.1, -0.05) is 0 Å². The van der Waals surface area contributed by atoms with Gasteiger partial charge in [0.1, 0.15) is 5.54 Å². The summed E-state index contributed by atoms with van der Waals surface area (Å²) in [6.07, 6.45) is 6.46. The van der Waals surface area contributed by atoms with E-state index in [0.717, 1.165) is 51.7 Å². The minimum Gasteiger partial charge on any atom is -0.480 e. The SMILES string of the molecule is COC1CCN(CCCC(C)(NC2CC2)C(=O)O)CC1. The molecule has 0 amide bonds. The molecule has 2 N–H and O–H groups in total. The molecule has 0 aromatic rings. The van der Waals surface area contributed by atoms with E-state index in [-0.39, 0.29) is 0 Å². The maximum absolute atomic E-state index is 11.5. The van der Waals surface area contributed by atoms with Gasteiger partial charge in [0, 0.05) is 26.2 Å². The van der Waals surface area contributed by atoms with Crippen LogP contribution >= 0.6 is 0 Å². The lowest BCUT2D eigenvalue weighted by Gasteiger charge is -2.32. The molecule has 0 spiro atoms. The van der Waals surface area contributed by atoms with Crippen LogP contribution in [0.15, 0.2) is 0 Å². The predicted octanol–water partition coefficient (Wildman–Crippen LogP) is 1.47. The molecule has 1 unspecified atom stereocenters.